The highest BCUT2D eigenvalue weighted by molar-refractivity contribution is 7.92. The Morgan fingerprint density at radius 3 is 2.25 bits per heavy atom. The second-order valence-corrected chi connectivity index (χ2v) is 7.58. The van der Waals surface area contributed by atoms with Gasteiger partial charge < -0.3 is 4.52 Å². The molecule has 0 amide bonds. The van der Waals surface area contributed by atoms with E-state index in [1.54, 1.807) is 60.7 Å². The largest absolute Gasteiger partial charge is 0.334 e. The number of rotatable bonds is 5. The van der Waals surface area contributed by atoms with Crippen molar-refractivity contribution in [2.45, 2.75) is 4.90 Å². The zero-order valence-corrected chi connectivity index (χ0v) is 15.2. The lowest BCUT2D eigenvalue weighted by Gasteiger charge is -2.08. The Labute approximate surface area is 160 Å². The molecule has 6 nitrogen and oxygen atoms in total. The van der Waals surface area contributed by atoms with Gasteiger partial charge in [0, 0.05) is 11.3 Å². The van der Waals surface area contributed by atoms with Gasteiger partial charge in [0.1, 0.15) is 5.82 Å². The van der Waals surface area contributed by atoms with Crippen LogP contribution in [0.25, 0.3) is 22.8 Å². The summed E-state index contributed by atoms with van der Waals surface area (Å²) in [5.41, 5.74) is 1.22. The number of sulfonamides is 1. The molecule has 0 aliphatic carbocycles. The first kappa shape index (κ1) is 17.9. The summed E-state index contributed by atoms with van der Waals surface area (Å²) >= 11 is 0. The van der Waals surface area contributed by atoms with Crippen molar-refractivity contribution in [2.24, 2.45) is 0 Å². The Balaban J connectivity index is 1.55. The van der Waals surface area contributed by atoms with Crippen LogP contribution in [0.3, 0.4) is 0 Å². The molecule has 0 atom stereocenters. The molecule has 4 rings (SSSR count). The number of nitrogens with one attached hydrogen (secondary N) is 1. The summed E-state index contributed by atoms with van der Waals surface area (Å²) in [5, 5.41) is 3.86. The molecule has 0 aliphatic rings. The van der Waals surface area contributed by atoms with E-state index in [1.807, 2.05) is 0 Å². The summed E-state index contributed by atoms with van der Waals surface area (Å²) in [5.74, 6) is -0.110. The topological polar surface area (TPSA) is 85.1 Å². The average molecular weight is 395 g/mol. The van der Waals surface area contributed by atoms with Crippen molar-refractivity contribution in [3.8, 4) is 22.8 Å². The van der Waals surface area contributed by atoms with Crippen LogP contribution < -0.4 is 4.72 Å². The van der Waals surface area contributed by atoms with E-state index in [2.05, 4.69) is 14.9 Å². The Kier molecular flexibility index (Phi) is 4.62. The van der Waals surface area contributed by atoms with Crippen molar-refractivity contribution in [3.63, 3.8) is 0 Å². The summed E-state index contributed by atoms with van der Waals surface area (Å²) in [6.45, 7) is 0. The van der Waals surface area contributed by atoms with E-state index in [-0.39, 0.29) is 22.2 Å². The van der Waals surface area contributed by atoms with Gasteiger partial charge in [0.15, 0.2) is 0 Å². The minimum Gasteiger partial charge on any atom is -0.334 e. The normalized spacial score (nSPS) is 11.3. The molecule has 28 heavy (non-hydrogen) atoms. The molecule has 0 aliphatic heterocycles. The maximum absolute atomic E-state index is 13.8. The fraction of sp³-hybridized carbons (Fsp3) is 0. The maximum Gasteiger partial charge on any atom is 0.261 e. The third-order valence-electron chi connectivity index (χ3n) is 3.98. The summed E-state index contributed by atoms with van der Waals surface area (Å²) in [6.07, 6.45) is 0. The minimum absolute atomic E-state index is 0.0713. The molecule has 1 aromatic heterocycles. The molecule has 8 heteroatoms. The van der Waals surface area contributed by atoms with Gasteiger partial charge in [-0.3, -0.25) is 4.72 Å². The lowest BCUT2D eigenvalue weighted by atomic mass is 10.2. The van der Waals surface area contributed by atoms with Crippen LogP contribution >= 0.6 is 0 Å². The summed E-state index contributed by atoms with van der Waals surface area (Å²) in [4.78, 5) is 4.38. The number of nitrogens with zero attached hydrogens (tertiary/aromatic N) is 2. The van der Waals surface area contributed by atoms with Gasteiger partial charge in [-0.05, 0) is 48.5 Å². The molecule has 4 aromatic rings. The van der Waals surface area contributed by atoms with Crippen LogP contribution in [-0.2, 0) is 10.0 Å². The van der Waals surface area contributed by atoms with Crippen LogP contribution in [-0.4, -0.2) is 18.6 Å². The van der Waals surface area contributed by atoms with E-state index in [1.165, 1.54) is 18.2 Å². The van der Waals surface area contributed by atoms with Gasteiger partial charge in [-0.15, -0.1) is 0 Å². The fourth-order valence-corrected chi connectivity index (χ4v) is 3.67. The maximum atomic E-state index is 13.8. The fourth-order valence-electron chi connectivity index (χ4n) is 2.59. The molecule has 0 unspecified atom stereocenters. The predicted octanol–water partition coefficient (Wildman–Crippen LogP) is 4.34. The van der Waals surface area contributed by atoms with E-state index in [9.17, 15) is 12.8 Å². The summed E-state index contributed by atoms with van der Waals surface area (Å²) in [7, 11) is -3.67. The van der Waals surface area contributed by atoms with Crippen LogP contribution in [0.5, 0.6) is 0 Å². The second kappa shape index (κ2) is 7.24. The quantitative estimate of drug-likeness (QED) is 0.543. The van der Waals surface area contributed by atoms with Gasteiger partial charge in [0.25, 0.3) is 15.9 Å². The lowest BCUT2D eigenvalue weighted by molar-refractivity contribution is 0.429. The minimum atomic E-state index is -3.67. The van der Waals surface area contributed by atoms with Crippen LogP contribution in [0.1, 0.15) is 0 Å². The van der Waals surface area contributed by atoms with Crippen molar-refractivity contribution in [1.29, 1.82) is 0 Å². The number of halogens is 1. The number of hydrogen-bond acceptors (Lipinski definition) is 5. The zero-order chi connectivity index (χ0) is 19.6. The second-order valence-electron chi connectivity index (χ2n) is 5.90. The molecule has 0 radical (unpaired) electrons. The van der Waals surface area contributed by atoms with Gasteiger partial charge in [-0.2, -0.15) is 4.98 Å². The smallest absolute Gasteiger partial charge is 0.261 e. The molecular formula is C20H14FN3O3S. The molecule has 0 spiro atoms. The van der Waals surface area contributed by atoms with Crippen LogP contribution in [0.2, 0.25) is 0 Å². The third kappa shape index (κ3) is 3.63. The van der Waals surface area contributed by atoms with Gasteiger partial charge in [-0.1, -0.05) is 35.5 Å². The van der Waals surface area contributed by atoms with Gasteiger partial charge in [0.2, 0.25) is 5.82 Å². The first-order valence-corrected chi connectivity index (χ1v) is 9.78. The molecule has 0 saturated carbocycles. The van der Waals surface area contributed by atoms with Gasteiger partial charge in [0.05, 0.1) is 10.5 Å². The number of aromatic nitrogens is 2. The van der Waals surface area contributed by atoms with Crippen molar-refractivity contribution in [1.82, 2.24) is 10.1 Å². The molecule has 3 aromatic carbocycles. The average Bonchev–Trinajstić information content (AvgIpc) is 3.19. The molecule has 1 N–H and O–H groups in total. The third-order valence-corrected chi connectivity index (χ3v) is 5.38. The lowest BCUT2D eigenvalue weighted by Crippen LogP contribution is -2.12. The first-order valence-electron chi connectivity index (χ1n) is 8.30. The Bertz CT molecular complexity index is 1210. The Hall–Kier alpha value is -3.52. The number of hydrogen-bond donors (Lipinski definition) is 1. The highest BCUT2D eigenvalue weighted by Crippen LogP contribution is 2.25. The number of anilines is 1. The van der Waals surface area contributed by atoms with E-state index in [4.69, 9.17) is 4.52 Å². The van der Waals surface area contributed by atoms with Gasteiger partial charge in [-0.25, -0.2) is 12.8 Å². The standard InChI is InChI=1S/C20H14FN3O3S/c21-18-9-5-4-8-17(18)20-22-19(23-27-20)14-10-12-15(13-11-14)24-28(25,26)16-6-2-1-3-7-16/h1-13,24H. The van der Waals surface area contributed by atoms with Crippen LogP contribution in [0.15, 0.2) is 88.3 Å². The van der Waals surface area contributed by atoms with Crippen molar-refractivity contribution in [3.05, 3.63) is 84.7 Å². The molecule has 0 bridgehead atoms. The van der Waals surface area contributed by atoms with Crippen molar-refractivity contribution < 1.29 is 17.3 Å². The van der Waals surface area contributed by atoms with Crippen molar-refractivity contribution >= 4 is 15.7 Å². The Morgan fingerprint density at radius 1 is 0.857 bits per heavy atom. The molecule has 0 saturated heterocycles. The van der Waals surface area contributed by atoms with E-state index in [0.29, 0.717) is 11.3 Å². The van der Waals surface area contributed by atoms with E-state index >= 15 is 0 Å². The SMILES string of the molecule is O=S(=O)(Nc1ccc(-c2noc(-c3ccccc3F)n2)cc1)c1ccccc1. The summed E-state index contributed by atoms with van der Waals surface area (Å²) in [6, 6.07) is 20.7. The predicted molar refractivity (Wildman–Crippen MR) is 102 cm³/mol. The monoisotopic (exact) mass is 395 g/mol. The van der Waals surface area contributed by atoms with E-state index < -0.39 is 15.8 Å². The Morgan fingerprint density at radius 2 is 1.54 bits per heavy atom. The zero-order valence-electron chi connectivity index (χ0n) is 14.4. The van der Waals surface area contributed by atoms with Crippen molar-refractivity contribution in [2.75, 3.05) is 4.72 Å². The number of benzene rings is 3. The van der Waals surface area contributed by atoms with Crippen LogP contribution in [0, 0.1) is 5.82 Å². The van der Waals surface area contributed by atoms with E-state index in [0.717, 1.165) is 0 Å². The molecular weight excluding hydrogens is 381 g/mol. The molecule has 1 heterocycles. The summed E-state index contributed by atoms with van der Waals surface area (Å²) < 4.78 is 46.2. The molecule has 0 fully saturated rings. The van der Waals surface area contributed by atoms with Gasteiger partial charge >= 0.3 is 0 Å². The highest BCUT2D eigenvalue weighted by atomic mass is 32.2. The highest BCUT2D eigenvalue weighted by Gasteiger charge is 2.15. The van der Waals surface area contributed by atoms with Crippen LogP contribution in [0.4, 0.5) is 10.1 Å². The molecule has 140 valence electrons. The first-order chi connectivity index (χ1) is 13.5.